The van der Waals surface area contributed by atoms with Gasteiger partial charge >= 0.3 is 0 Å². The zero-order valence-corrected chi connectivity index (χ0v) is 19.9. The Kier molecular flexibility index (Phi) is 8.96. The van der Waals surface area contributed by atoms with E-state index in [0.29, 0.717) is 0 Å². The lowest BCUT2D eigenvalue weighted by Gasteiger charge is -2.22. The number of hydrogen-bond acceptors (Lipinski definition) is 4. The van der Waals surface area contributed by atoms with Crippen LogP contribution in [0.5, 0.6) is 0 Å². The number of hydrogen-bond donors (Lipinski definition) is 2. The van der Waals surface area contributed by atoms with Gasteiger partial charge in [-0.25, -0.2) is 0 Å². The van der Waals surface area contributed by atoms with Crippen molar-refractivity contribution < 1.29 is 14.4 Å². The first-order valence-corrected chi connectivity index (χ1v) is 10.8. The minimum atomic E-state index is -0.257. The van der Waals surface area contributed by atoms with Crippen LogP contribution in [0.2, 0.25) is 0 Å². The smallest absolute Gasteiger partial charge is 0.243 e. The second kappa shape index (κ2) is 11.4. The van der Waals surface area contributed by atoms with Gasteiger partial charge < -0.3 is 15.5 Å². The molecular formula is C25H34N4O3. The van der Waals surface area contributed by atoms with Gasteiger partial charge in [0.05, 0.1) is 19.6 Å². The Hall–Kier alpha value is -3.19. The van der Waals surface area contributed by atoms with Crippen LogP contribution in [0.3, 0.4) is 0 Å². The molecule has 0 radical (unpaired) electrons. The Labute approximate surface area is 190 Å². The van der Waals surface area contributed by atoms with Gasteiger partial charge in [-0.1, -0.05) is 42.8 Å². The minimum absolute atomic E-state index is 0.0363. The molecule has 0 aromatic heterocycles. The van der Waals surface area contributed by atoms with Crippen LogP contribution in [-0.4, -0.2) is 61.3 Å². The molecule has 0 aliphatic rings. The molecular weight excluding hydrogens is 404 g/mol. The summed E-state index contributed by atoms with van der Waals surface area (Å²) >= 11 is 0. The average molecular weight is 439 g/mol. The van der Waals surface area contributed by atoms with Gasteiger partial charge in [-0.2, -0.15) is 0 Å². The molecule has 172 valence electrons. The molecule has 2 N–H and O–H groups in total. The molecule has 0 saturated carbocycles. The molecule has 2 rings (SSSR count). The van der Waals surface area contributed by atoms with Gasteiger partial charge in [0.2, 0.25) is 17.7 Å². The van der Waals surface area contributed by atoms with Gasteiger partial charge in [0, 0.05) is 18.4 Å². The maximum Gasteiger partial charge on any atom is 0.243 e. The summed E-state index contributed by atoms with van der Waals surface area (Å²) in [5.41, 5.74) is 5.76. The molecule has 2 aromatic carbocycles. The molecule has 0 atom stereocenters. The molecule has 3 amide bonds. The highest BCUT2D eigenvalue weighted by atomic mass is 16.2. The number of rotatable bonds is 9. The highest BCUT2D eigenvalue weighted by Crippen LogP contribution is 2.21. The second-order valence-corrected chi connectivity index (χ2v) is 8.30. The van der Waals surface area contributed by atoms with Crippen LogP contribution in [0.25, 0.3) is 0 Å². The molecule has 0 saturated heterocycles. The molecule has 2 aromatic rings. The van der Waals surface area contributed by atoms with Crippen LogP contribution in [0.1, 0.15) is 29.2 Å². The predicted molar refractivity (Wildman–Crippen MR) is 129 cm³/mol. The summed E-state index contributed by atoms with van der Waals surface area (Å²) in [5, 5.41) is 5.80. The number of benzene rings is 2. The van der Waals surface area contributed by atoms with E-state index < -0.39 is 0 Å². The third-order valence-electron chi connectivity index (χ3n) is 5.24. The third-order valence-corrected chi connectivity index (χ3v) is 5.24. The number of nitrogens with zero attached hydrogens (tertiary/aromatic N) is 2. The van der Waals surface area contributed by atoms with Crippen molar-refractivity contribution in [3.63, 3.8) is 0 Å². The fourth-order valence-corrected chi connectivity index (χ4v) is 3.65. The topological polar surface area (TPSA) is 81.8 Å². The SMILES string of the molecule is CCc1ccccc1NC(=O)CN(C)C(=O)CN(C)CC(=O)Nc1c(C)cc(C)cc1C. The first-order valence-electron chi connectivity index (χ1n) is 10.8. The zero-order chi connectivity index (χ0) is 23.8. The van der Waals surface area contributed by atoms with E-state index in [2.05, 4.69) is 10.6 Å². The highest BCUT2D eigenvalue weighted by Gasteiger charge is 2.18. The van der Waals surface area contributed by atoms with E-state index in [1.54, 1.807) is 19.0 Å². The maximum atomic E-state index is 12.5. The van der Waals surface area contributed by atoms with Crippen LogP contribution >= 0.6 is 0 Å². The van der Waals surface area contributed by atoms with Crippen LogP contribution in [0, 0.1) is 20.8 Å². The fraction of sp³-hybridized carbons (Fsp3) is 0.400. The number of likely N-dealkylation sites (N-methyl/N-ethyl adjacent to an activating group) is 2. The molecule has 7 heteroatoms. The Bertz CT molecular complexity index is 964. The number of amides is 3. The van der Waals surface area contributed by atoms with Crippen LogP contribution in [0.15, 0.2) is 36.4 Å². The summed E-state index contributed by atoms with van der Waals surface area (Å²) < 4.78 is 0. The summed E-state index contributed by atoms with van der Waals surface area (Å²) in [7, 11) is 3.29. The standard InChI is InChI=1S/C25H34N4O3/c1-7-20-10-8-9-11-21(20)26-23(31)15-29(6)24(32)16-28(5)14-22(30)27-25-18(3)12-17(2)13-19(25)4/h8-13H,7,14-16H2,1-6H3,(H,26,31)(H,27,30). The molecule has 0 fully saturated rings. The Morgan fingerprint density at radius 1 is 0.844 bits per heavy atom. The summed E-state index contributed by atoms with van der Waals surface area (Å²) in [6.07, 6.45) is 0.805. The average Bonchev–Trinajstić information content (AvgIpc) is 2.70. The molecule has 0 heterocycles. The van der Waals surface area contributed by atoms with Crippen LogP contribution in [-0.2, 0) is 20.8 Å². The number of anilines is 2. The largest absolute Gasteiger partial charge is 0.335 e. The van der Waals surface area contributed by atoms with E-state index >= 15 is 0 Å². The van der Waals surface area contributed by atoms with Gasteiger partial charge in [0.25, 0.3) is 0 Å². The molecule has 0 spiro atoms. The lowest BCUT2D eigenvalue weighted by atomic mass is 10.1. The lowest BCUT2D eigenvalue weighted by molar-refractivity contribution is -0.134. The number of carbonyl (C=O) groups excluding carboxylic acids is 3. The molecule has 0 bridgehead atoms. The van der Waals surface area contributed by atoms with Gasteiger partial charge in [-0.05, 0) is 57.0 Å². The van der Waals surface area contributed by atoms with Crippen molar-refractivity contribution in [2.45, 2.75) is 34.1 Å². The maximum absolute atomic E-state index is 12.5. The van der Waals surface area contributed by atoms with Crippen molar-refractivity contribution in [1.29, 1.82) is 0 Å². The van der Waals surface area contributed by atoms with E-state index in [0.717, 1.165) is 40.0 Å². The molecule has 32 heavy (non-hydrogen) atoms. The van der Waals surface area contributed by atoms with Crippen LogP contribution < -0.4 is 10.6 Å². The molecule has 0 aliphatic heterocycles. The Morgan fingerprint density at radius 2 is 1.44 bits per heavy atom. The molecule has 0 aliphatic carbocycles. The summed E-state index contributed by atoms with van der Waals surface area (Å²) in [4.78, 5) is 40.4. The Morgan fingerprint density at radius 3 is 2.06 bits per heavy atom. The quantitative estimate of drug-likeness (QED) is 0.630. The van der Waals surface area contributed by atoms with Gasteiger partial charge in [-0.15, -0.1) is 0 Å². The number of nitrogens with one attached hydrogen (secondary N) is 2. The van der Waals surface area contributed by atoms with Gasteiger partial charge in [-0.3, -0.25) is 19.3 Å². The monoisotopic (exact) mass is 438 g/mol. The summed E-state index contributed by atoms with van der Waals surface area (Å²) in [5.74, 6) is -0.679. The van der Waals surface area contributed by atoms with E-state index in [1.807, 2.05) is 64.1 Å². The van der Waals surface area contributed by atoms with E-state index in [-0.39, 0.29) is 37.4 Å². The van der Waals surface area contributed by atoms with Gasteiger partial charge in [0.1, 0.15) is 0 Å². The lowest BCUT2D eigenvalue weighted by Crippen LogP contribution is -2.42. The van der Waals surface area contributed by atoms with Crippen molar-refractivity contribution in [3.05, 3.63) is 58.7 Å². The number of para-hydroxylation sites is 1. The minimum Gasteiger partial charge on any atom is -0.335 e. The van der Waals surface area contributed by atoms with Crippen LogP contribution in [0.4, 0.5) is 11.4 Å². The van der Waals surface area contributed by atoms with E-state index in [4.69, 9.17) is 0 Å². The third kappa shape index (κ3) is 7.20. The van der Waals surface area contributed by atoms with Crippen molar-refractivity contribution in [2.75, 3.05) is 44.4 Å². The van der Waals surface area contributed by atoms with E-state index in [1.165, 1.54) is 4.90 Å². The zero-order valence-electron chi connectivity index (χ0n) is 19.9. The van der Waals surface area contributed by atoms with Crippen molar-refractivity contribution in [3.8, 4) is 0 Å². The van der Waals surface area contributed by atoms with Crippen molar-refractivity contribution in [2.24, 2.45) is 0 Å². The first kappa shape index (κ1) is 25.1. The molecule has 0 unspecified atom stereocenters. The van der Waals surface area contributed by atoms with Crippen molar-refractivity contribution >= 4 is 29.1 Å². The fourth-order valence-electron chi connectivity index (χ4n) is 3.65. The highest BCUT2D eigenvalue weighted by molar-refractivity contribution is 5.96. The predicted octanol–water partition coefficient (Wildman–Crippen LogP) is 3.14. The Balaban J connectivity index is 1.84. The van der Waals surface area contributed by atoms with E-state index in [9.17, 15) is 14.4 Å². The summed E-state index contributed by atoms with van der Waals surface area (Å²) in [6, 6.07) is 11.6. The molecule has 7 nitrogen and oxygen atoms in total. The second-order valence-electron chi connectivity index (χ2n) is 8.30. The number of aryl methyl sites for hydroxylation is 4. The number of carbonyl (C=O) groups is 3. The normalized spacial score (nSPS) is 10.7. The summed E-state index contributed by atoms with van der Waals surface area (Å²) in [6.45, 7) is 8.01. The first-order chi connectivity index (χ1) is 15.1. The van der Waals surface area contributed by atoms with Crippen molar-refractivity contribution in [1.82, 2.24) is 9.80 Å². The van der Waals surface area contributed by atoms with Gasteiger partial charge in [0.15, 0.2) is 0 Å².